The smallest absolute Gasteiger partial charge is 0.298 e. The zero-order chi connectivity index (χ0) is 19.5. The third kappa shape index (κ3) is 3.16. The molecule has 0 amide bonds. The predicted molar refractivity (Wildman–Crippen MR) is 117 cm³/mol. The molecule has 0 spiro atoms. The van der Waals surface area contributed by atoms with Crippen LogP contribution in [0.1, 0.15) is 0 Å². The van der Waals surface area contributed by atoms with Gasteiger partial charge in [0.05, 0.1) is 10.2 Å². The second-order valence-electron chi connectivity index (χ2n) is 6.29. The first-order valence-electron chi connectivity index (χ1n) is 8.91. The minimum Gasteiger partial charge on any atom is -0.413 e. The molecule has 3 aromatic carbocycles. The van der Waals surface area contributed by atoms with E-state index in [9.17, 15) is 4.79 Å². The van der Waals surface area contributed by atoms with E-state index in [0.29, 0.717) is 4.47 Å². The van der Waals surface area contributed by atoms with Crippen molar-refractivity contribution in [1.29, 1.82) is 0 Å². The first-order chi connectivity index (χ1) is 13.7. The van der Waals surface area contributed by atoms with Gasteiger partial charge in [0, 0.05) is 16.7 Å². The van der Waals surface area contributed by atoms with Crippen LogP contribution in [0.5, 0.6) is 0 Å². The summed E-state index contributed by atoms with van der Waals surface area (Å²) in [5.74, 6) is 0. The van der Waals surface area contributed by atoms with E-state index >= 15 is 0 Å². The average Bonchev–Trinajstić information content (AvgIpc) is 2.77. The Bertz CT molecular complexity index is 1150. The second-order valence-corrected chi connectivity index (χ2v) is 7.09. The molecule has 3 nitrogen and oxygen atoms in total. The highest BCUT2D eigenvalue weighted by atomic mass is 79.9. The summed E-state index contributed by atoms with van der Waals surface area (Å²) in [6.45, 7) is 0. The summed E-state index contributed by atoms with van der Waals surface area (Å²) >= 11 is 3.55. The molecule has 0 aliphatic rings. The molecule has 138 valence electrons. The Hall–Kier alpha value is -3.11. The monoisotopic (exact) mass is 431 g/mol. The molecule has 4 rings (SSSR count). The van der Waals surface area contributed by atoms with E-state index in [2.05, 4.69) is 15.9 Å². The van der Waals surface area contributed by atoms with Crippen LogP contribution in [-0.2, 0) is 0 Å². The fourth-order valence-electron chi connectivity index (χ4n) is 3.42. The summed E-state index contributed by atoms with van der Waals surface area (Å²) in [5.41, 5.74) is 5.15. The van der Waals surface area contributed by atoms with Crippen LogP contribution in [0.25, 0.3) is 33.5 Å². The van der Waals surface area contributed by atoms with Crippen molar-refractivity contribution < 1.29 is 4.84 Å². The zero-order valence-electron chi connectivity index (χ0n) is 15.3. The molecule has 0 aliphatic carbocycles. The maximum Gasteiger partial charge on any atom is 0.298 e. The van der Waals surface area contributed by atoms with Crippen LogP contribution < -0.4 is 10.4 Å². The molecule has 0 radical (unpaired) electrons. The van der Waals surface area contributed by atoms with Gasteiger partial charge in [-0.05, 0) is 27.1 Å². The van der Waals surface area contributed by atoms with Gasteiger partial charge < -0.3 is 4.84 Å². The Morgan fingerprint density at radius 2 is 1.11 bits per heavy atom. The Balaban J connectivity index is 2.22. The van der Waals surface area contributed by atoms with Crippen molar-refractivity contribution in [2.75, 3.05) is 7.11 Å². The van der Waals surface area contributed by atoms with Crippen LogP contribution in [0.15, 0.2) is 100 Å². The molecule has 1 heterocycles. The van der Waals surface area contributed by atoms with Crippen LogP contribution in [0.3, 0.4) is 0 Å². The lowest BCUT2D eigenvalue weighted by atomic mass is 9.91. The third-order valence-electron chi connectivity index (χ3n) is 4.64. The normalized spacial score (nSPS) is 10.6. The van der Waals surface area contributed by atoms with Gasteiger partial charge in [-0.2, -0.15) is 0 Å². The largest absolute Gasteiger partial charge is 0.413 e. The number of pyridine rings is 1. The number of benzene rings is 3. The third-order valence-corrected chi connectivity index (χ3v) is 5.37. The van der Waals surface area contributed by atoms with Gasteiger partial charge in [-0.25, -0.2) is 0 Å². The topological polar surface area (TPSA) is 31.2 Å². The Morgan fingerprint density at radius 1 is 0.679 bits per heavy atom. The van der Waals surface area contributed by atoms with Crippen molar-refractivity contribution in [3.8, 4) is 33.5 Å². The van der Waals surface area contributed by atoms with E-state index < -0.39 is 0 Å². The van der Waals surface area contributed by atoms with Gasteiger partial charge in [0.15, 0.2) is 0 Å². The molecule has 0 saturated heterocycles. The standard InChI is InChI=1S/C24H18BrNO2/c1-28-26-23(19-15-9-4-10-16-19)21(18-13-7-3-8-14-18)20(22(25)24(26)27)17-11-5-2-6-12-17/h2-16H,1H3. The van der Waals surface area contributed by atoms with Crippen LogP contribution in [0.4, 0.5) is 0 Å². The molecule has 0 atom stereocenters. The summed E-state index contributed by atoms with van der Waals surface area (Å²) in [6, 6.07) is 29.8. The maximum absolute atomic E-state index is 13.2. The predicted octanol–water partition coefficient (Wildman–Crippen LogP) is 5.67. The number of nitrogens with zero attached hydrogens (tertiary/aromatic N) is 1. The lowest BCUT2D eigenvalue weighted by Crippen LogP contribution is -2.28. The molecule has 4 heteroatoms. The first kappa shape index (κ1) is 18.3. The fraction of sp³-hybridized carbons (Fsp3) is 0.0417. The minimum atomic E-state index is -0.236. The van der Waals surface area contributed by atoms with Crippen molar-refractivity contribution in [3.63, 3.8) is 0 Å². The van der Waals surface area contributed by atoms with E-state index in [1.54, 1.807) is 0 Å². The van der Waals surface area contributed by atoms with Crippen LogP contribution in [0, 0.1) is 0 Å². The van der Waals surface area contributed by atoms with Gasteiger partial charge in [0.25, 0.3) is 5.56 Å². The van der Waals surface area contributed by atoms with E-state index in [1.165, 1.54) is 11.8 Å². The molecule has 28 heavy (non-hydrogen) atoms. The van der Waals surface area contributed by atoms with Gasteiger partial charge in [-0.15, -0.1) is 4.73 Å². The summed E-state index contributed by atoms with van der Waals surface area (Å²) < 4.78 is 1.83. The highest BCUT2D eigenvalue weighted by molar-refractivity contribution is 9.10. The zero-order valence-corrected chi connectivity index (χ0v) is 16.9. The van der Waals surface area contributed by atoms with Gasteiger partial charge >= 0.3 is 0 Å². The second kappa shape index (κ2) is 7.87. The number of rotatable bonds is 4. The van der Waals surface area contributed by atoms with Gasteiger partial charge in [0.1, 0.15) is 7.11 Å². The number of aromatic nitrogens is 1. The van der Waals surface area contributed by atoms with Crippen molar-refractivity contribution in [3.05, 3.63) is 106 Å². The van der Waals surface area contributed by atoms with E-state index in [-0.39, 0.29) is 5.56 Å². The number of hydrogen-bond donors (Lipinski definition) is 0. The van der Waals surface area contributed by atoms with Crippen molar-refractivity contribution in [2.24, 2.45) is 0 Å². The Morgan fingerprint density at radius 3 is 1.57 bits per heavy atom. The lowest BCUT2D eigenvalue weighted by Gasteiger charge is -2.21. The molecular weight excluding hydrogens is 414 g/mol. The molecular formula is C24H18BrNO2. The minimum absolute atomic E-state index is 0.236. The lowest BCUT2D eigenvalue weighted by molar-refractivity contribution is 0.161. The summed E-state index contributed by atoms with van der Waals surface area (Å²) in [4.78, 5) is 18.7. The van der Waals surface area contributed by atoms with E-state index in [0.717, 1.165) is 33.5 Å². The molecule has 0 unspecified atom stereocenters. The molecule has 0 aliphatic heterocycles. The van der Waals surface area contributed by atoms with Gasteiger partial charge in [0.2, 0.25) is 0 Å². The summed E-state index contributed by atoms with van der Waals surface area (Å²) in [7, 11) is 1.51. The first-order valence-corrected chi connectivity index (χ1v) is 9.71. The number of halogens is 1. The number of hydrogen-bond acceptors (Lipinski definition) is 2. The van der Waals surface area contributed by atoms with Gasteiger partial charge in [-0.1, -0.05) is 91.0 Å². The summed E-state index contributed by atoms with van der Waals surface area (Å²) in [6.07, 6.45) is 0. The average molecular weight is 432 g/mol. The van der Waals surface area contributed by atoms with E-state index in [4.69, 9.17) is 4.84 Å². The molecule has 4 aromatic rings. The Labute approximate surface area is 171 Å². The van der Waals surface area contributed by atoms with Crippen molar-refractivity contribution in [2.45, 2.75) is 0 Å². The molecule has 0 fully saturated rings. The van der Waals surface area contributed by atoms with Crippen LogP contribution in [-0.4, -0.2) is 11.8 Å². The van der Waals surface area contributed by atoms with Crippen molar-refractivity contribution in [1.82, 2.24) is 4.73 Å². The quantitative estimate of drug-likeness (QED) is 0.416. The molecule has 0 saturated carbocycles. The molecule has 0 N–H and O–H groups in total. The van der Waals surface area contributed by atoms with Crippen LogP contribution >= 0.6 is 15.9 Å². The Kier molecular flexibility index (Phi) is 5.13. The summed E-state index contributed by atoms with van der Waals surface area (Å²) in [5, 5.41) is 0. The SMILES string of the molecule is COn1c(-c2ccccc2)c(-c2ccccc2)c(-c2ccccc2)c(Br)c1=O. The fourth-order valence-corrected chi connectivity index (χ4v) is 4.01. The van der Waals surface area contributed by atoms with Crippen molar-refractivity contribution >= 4 is 15.9 Å². The molecule has 0 bridgehead atoms. The van der Waals surface area contributed by atoms with E-state index in [1.807, 2.05) is 91.0 Å². The van der Waals surface area contributed by atoms with Crippen LogP contribution in [0.2, 0.25) is 0 Å². The maximum atomic E-state index is 13.2. The molecule has 1 aromatic heterocycles. The highest BCUT2D eigenvalue weighted by Crippen LogP contribution is 2.42. The highest BCUT2D eigenvalue weighted by Gasteiger charge is 2.24. The van der Waals surface area contributed by atoms with Gasteiger partial charge in [-0.3, -0.25) is 4.79 Å².